The maximum Gasteiger partial charge on any atom is 0.351 e. The molecule has 0 aromatic carbocycles. The molecule has 5 heterocycles. The van der Waals surface area contributed by atoms with Crippen molar-refractivity contribution in [3.05, 3.63) is 91.5 Å². The highest BCUT2D eigenvalue weighted by Crippen LogP contribution is 2.13. The second-order valence-electron chi connectivity index (χ2n) is 6.61. The molecule has 0 amide bonds. The van der Waals surface area contributed by atoms with Gasteiger partial charge >= 0.3 is 11.6 Å². The lowest BCUT2D eigenvalue weighted by atomic mass is 10.3. The first-order valence-corrected chi connectivity index (χ1v) is 11.3. The van der Waals surface area contributed by atoms with E-state index in [2.05, 4.69) is 20.2 Å². The quantitative estimate of drug-likeness (QED) is 0.185. The number of pyridine rings is 3. The van der Waals surface area contributed by atoms with Crippen LogP contribution in [0.3, 0.4) is 0 Å². The molecule has 0 aliphatic carbocycles. The van der Waals surface area contributed by atoms with Gasteiger partial charge in [-0.15, -0.1) is 9.36 Å². The Bertz CT molecular complexity index is 1350. The van der Waals surface area contributed by atoms with Crippen molar-refractivity contribution in [3.63, 3.8) is 0 Å². The van der Waals surface area contributed by atoms with Crippen LogP contribution in [-0.2, 0) is 10.4 Å². The van der Waals surface area contributed by atoms with E-state index >= 15 is 0 Å². The molecule has 0 aliphatic rings. The van der Waals surface area contributed by atoms with E-state index in [1.165, 1.54) is 0 Å². The van der Waals surface area contributed by atoms with Crippen LogP contribution in [0.25, 0.3) is 34.4 Å². The summed E-state index contributed by atoms with van der Waals surface area (Å²) in [5, 5.41) is 13.6. The summed E-state index contributed by atoms with van der Waals surface area (Å²) in [4.78, 5) is 13.5. The molecule has 0 saturated carbocycles. The van der Waals surface area contributed by atoms with Crippen LogP contribution in [0.5, 0.6) is 0 Å². The van der Waals surface area contributed by atoms with Crippen LogP contribution < -0.4 is 9.36 Å². The predicted octanol–water partition coefficient (Wildman–Crippen LogP) is 0.686. The second kappa shape index (κ2) is 11.7. The normalized spacial score (nSPS) is 10.5. The average molecular weight is 496 g/mol. The van der Waals surface area contributed by atoms with Crippen LogP contribution in [0.1, 0.15) is 0 Å². The fourth-order valence-corrected chi connectivity index (χ4v) is 2.98. The molecule has 5 aromatic heterocycles. The maximum atomic E-state index is 8.52. The number of nitrogens with one attached hydrogen (secondary N) is 2. The third-order valence-electron chi connectivity index (χ3n) is 4.36. The number of aliphatic hydroxyl groups excluding tert-OH is 1. The fourth-order valence-electron chi connectivity index (χ4n) is 2.98. The summed E-state index contributed by atoms with van der Waals surface area (Å²) in [7, 11) is -4.17. The summed E-state index contributed by atoms with van der Waals surface area (Å²) in [6, 6.07) is 21.5. The lowest BCUT2D eigenvalue weighted by Crippen LogP contribution is -2.37. The van der Waals surface area contributed by atoms with E-state index in [0.29, 0.717) is 0 Å². The van der Waals surface area contributed by atoms with Gasteiger partial charge in [0.05, 0.1) is 11.4 Å². The van der Waals surface area contributed by atoms with Gasteiger partial charge in [0.1, 0.15) is 23.8 Å². The molecule has 12 nitrogen and oxygen atoms in total. The highest BCUT2D eigenvalue weighted by atomic mass is 32.3. The van der Waals surface area contributed by atoms with Crippen LogP contribution in [0.2, 0.25) is 0 Å². The predicted molar refractivity (Wildman–Crippen MR) is 121 cm³/mol. The van der Waals surface area contributed by atoms with Gasteiger partial charge < -0.3 is 14.2 Å². The molecule has 3 N–H and O–H groups in total. The van der Waals surface area contributed by atoms with E-state index in [1.54, 1.807) is 12.4 Å². The smallest absolute Gasteiger partial charge is 0.351 e. The van der Waals surface area contributed by atoms with Crippen molar-refractivity contribution in [2.75, 3.05) is 7.11 Å². The summed E-state index contributed by atoms with van der Waals surface area (Å²) in [5.74, 6) is 1.56. The van der Waals surface area contributed by atoms with E-state index in [-0.39, 0.29) is 0 Å². The van der Waals surface area contributed by atoms with Crippen molar-refractivity contribution in [2.45, 2.75) is 0 Å². The first kappa shape index (κ1) is 25.3. The standard InChI is InChI=1S/C21H15N7.CH4O.H2O4S/c1-3-12-22-16(6-1)18-10-14-27(25-18)20-8-5-9-21(24-20)28-15-11-19(26-28)17-7-2-4-13-23-17;1-2;1-5(2,3)4/h1-15H;2H,1H3;(H2,1,2,3,4). The van der Waals surface area contributed by atoms with E-state index < -0.39 is 10.4 Å². The van der Waals surface area contributed by atoms with E-state index in [4.69, 9.17) is 27.6 Å². The monoisotopic (exact) mass is 495 g/mol. The average Bonchev–Trinajstić information content (AvgIpc) is 3.56. The minimum atomic E-state index is -5.17. The summed E-state index contributed by atoms with van der Waals surface area (Å²) in [6.45, 7) is 0. The lowest BCUT2D eigenvalue weighted by molar-refractivity contribution is -0.669. The molecule has 0 bridgehead atoms. The van der Waals surface area contributed by atoms with Gasteiger partial charge in [0.15, 0.2) is 0 Å². The van der Waals surface area contributed by atoms with Crippen LogP contribution >= 0.6 is 0 Å². The van der Waals surface area contributed by atoms with Crippen molar-refractivity contribution in [1.82, 2.24) is 25.1 Å². The Morgan fingerprint density at radius 3 is 1.51 bits per heavy atom. The van der Waals surface area contributed by atoms with Crippen molar-refractivity contribution < 1.29 is 32.0 Å². The zero-order valence-electron chi connectivity index (χ0n) is 18.4. The van der Waals surface area contributed by atoms with Gasteiger partial charge in [-0.3, -0.25) is 18.4 Å². The lowest BCUT2D eigenvalue weighted by Gasteiger charge is -2.06. The van der Waals surface area contributed by atoms with Crippen molar-refractivity contribution >= 4 is 10.4 Å². The summed E-state index contributed by atoms with van der Waals surface area (Å²) in [6.07, 6.45) is 7.44. The third-order valence-corrected chi connectivity index (χ3v) is 4.36. The highest BCUT2D eigenvalue weighted by molar-refractivity contribution is 7.79. The molecule has 0 atom stereocenters. The summed E-state index contributed by atoms with van der Waals surface area (Å²) >= 11 is 0. The van der Waals surface area contributed by atoms with E-state index in [0.717, 1.165) is 41.5 Å². The molecule has 0 saturated heterocycles. The molecule has 0 radical (unpaired) electrons. The van der Waals surface area contributed by atoms with Crippen LogP contribution in [-0.4, -0.2) is 54.9 Å². The number of hydrogen-bond acceptors (Lipinski definition) is 8. The zero-order valence-corrected chi connectivity index (χ0v) is 19.2. The van der Waals surface area contributed by atoms with Gasteiger partial charge in [-0.25, -0.2) is 10.2 Å². The maximum absolute atomic E-state index is 8.52. The Labute approximate surface area is 200 Å². The number of hydrogen-bond donors (Lipinski definition) is 3. The molecule has 13 heteroatoms. The van der Waals surface area contributed by atoms with Crippen LogP contribution in [0, 0.1) is 0 Å². The Kier molecular flexibility index (Phi) is 8.48. The Morgan fingerprint density at radius 2 is 1.14 bits per heavy atom. The minimum Gasteiger partial charge on any atom is -0.759 e. The van der Waals surface area contributed by atoms with Crippen LogP contribution in [0.4, 0.5) is 0 Å². The number of aromatic amines is 2. The summed E-state index contributed by atoms with van der Waals surface area (Å²) < 4.78 is 37.8. The Morgan fingerprint density at radius 1 is 0.714 bits per heavy atom. The molecule has 5 aromatic rings. The molecule has 0 spiro atoms. The third kappa shape index (κ3) is 7.35. The molecule has 5 rings (SSSR count). The van der Waals surface area contributed by atoms with Gasteiger partial charge in [0, 0.05) is 59.2 Å². The first-order chi connectivity index (χ1) is 16.9. The van der Waals surface area contributed by atoms with Crippen molar-refractivity contribution in [3.8, 4) is 34.4 Å². The molecule has 35 heavy (non-hydrogen) atoms. The SMILES string of the molecule is CO.O=S(=O)([O-])[O-].c1ccc(-c2cc[n+](-c3cccc(-[n+]4ccc(-c5ccccn5)[nH]4)n3)[nH]2)nc1. The molecule has 0 unspecified atom stereocenters. The second-order valence-corrected chi connectivity index (χ2v) is 7.43. The number of aliphatic hydroxyl groups is 1. The van der Waals surface area contributed by atoms with E-state index in [1.807, 2.05) is 88.5 Å². The van der Waals surface area contributed by atoms with Gasteiger partial charge in [0.25, 0.3) is 0 Å². The topological polar surface area (TPSA) is 178 Å². The van der Waals surface area contributed by atoms with Crippen molar-refractivity contribution in [1.29, 1.82) is 0 Å². The zero-order chi connectivity index (χ0) is 25.3. The fraction of sp³-hybridized carbons (Fsp3) is 0.0455. The van der Waals surface area contributed by atoms with Gasteiger partial charge in [0.2, 0.25) is 0 Å². The summed E-state index contributed by atoms with van der Waals surface area (Å²) in [5.41, 5.74) is 3.63. The minimum absolute atomic E-state index is 0.779. The largest absolute Gasteiger partial charge is 0.759 e. The first-order valence-electron chi connectivity index (χ1n) is 10.0. The van der Waals surface area contributed by atoms with Crippen LogP contribution in [0.15, 0.2) is 91.5 Å². The Balaban J connectivity index is 0.000000438. The number of rotatable bonds is 4. The van der Waals surface area contributed by atoms with Gasteiger partial charge in [-0.05, 0) is 30.3 Å². The molecule has 180 valence electrons. The molecular weight excluding hydrogens is 474 g/mol. The van der Waals surface area contributed by atoms with Crippen molar-refractivity contribution in [2.24, 2.45) is 0 Å². The van der Waals surface area contributed by atoms with Gasteiger partial charge in [-0.2, -0.15) is 0 Å². The number of nitrogens with zero attached hydrogens (tertiary/aromatic N) is 5. The Hall–Kier alpha value is -4.30. The molecule has 0 aliphatic heterocycles. The van der Waals surface area contributed by atoms with Gasteiger partial charge in [-0.1, -0.05) is 12.1 Å². The highest BCUT2D eigenvalue weighted by Gasteiger charge is 2.17. The van der Waals surface area contributed by atoms with E-state index in [9.17, 15) is 0 Å². The number of H-pyrrole nitrogens is 2. The number of aromatic nitrogens is 7. The molecular formula is C22H21N7O5S. The molecule has 0 fully saturated rings.